The van der Waals surface area contributed by atoms with E-state index in [1.165, 1.54) is 6.92 Å². The van der Waals surface area contributed by atoms with Gasteiger partial charge in [0.2, 0.25) is 0 Å². The third-order valence-electron chi connectivity index (χ3n) is 5.63. The van der Waals surface area contributed by atoms with Gasteiger partial charge in [-0.2, -0.15) is 0 Å². The van der Waals surface area contributed by atoms with Crippen molar-refractivity contribution in [1.29, 1.82) is 0 Å². The average Bonchev–Trinajstić information content (AvgIpc) is 3.03. The molecule has 3 aromatic rings. The van der Waals surface area contributed by atoms with E-state index in [1.54, 1.807) is 17.6 Å². The van der Waals surface area contributed by atoms with Gasteiger partial charge in [0.15, 0.2) is 0 Å². The minimum atomic E-state index is -1.62. The van der Waals surface area contributed by atoms with Crippen LogP contribution < -0.4 is 5.56 Å². The first kappa shape index (κ1) is 17.9. The number of aromatic nitrogens is 2. The van der Waals surface area contributed by atoms with E-state index in [4.69, 9.17) is 4.98 Å². The molecule has 0 aliphatic carbocycles. The Balaban J connectivity index is 2.02. The Morgan fingerprint density at radius 1 is 1.30 bits per heavy atom. The molecule has 2 atom stereocenters. The van der Waals surface area contributed by atoms with Gasteiger partial charge in [-0.25, -0.2) is 4.98 Å². The molecule has 1 aromatic carbocycles. The summed E-state index contributed by atoms with van der Waals surface area (Å²) in [7, 11) is 0. The Morgan fingerprint density at radius 3 is 2.70 bits per heavy atom. The van der Waals surface area contributed by atoms with Crippen LogP contribution in [0.4, 0.5) is 0 Å². The van der Waals surface area contributed by atoms with Crippen LogP contribution in [0.5, 0.6) is 0 Å². The Morgan fingerprint density at radius 2 is 2.04 bits per heavy atom. The summed E-state index contributed by atoms with van der Waals surface area (Å²) in [5, 5.41) is 32.0. The summed E-state index contributed by atoms with van der Waals surface area (Å²) < 4.78 is 1.57. The zero-order valence-electron chi connectivity index (χ0n) is 15.3. The maximum atomic E-state index is 13.0. The molecule has 0 bridgehead atoms. The molecule has 0 radical (unpaired) electrons. The van der Waals surface area contributed by atoms with Gasteiger partial charge in [-0.3, -0.25) is 4.79 Å². The normalized spacial score (nSPS) is 16.0. The van der Waals surface area contributed by atoms with Crippen molar-refractivity contribution in [2.75, 3.05) is 0 Å². The molecule has 6 nitrogen and oxygen atoms in total. The zero-order valence-corrected chi connectivity index (χ0v) is 15.3. The van der Waals surface area contributed by atoms with E-state index in [-0.39, 0.29) is 23.1 Å². The second-order valence-corrected chi connectivity index (χ2v) is 7.11. The van der Waals surface area contributed by atoms with Crippen molar-refractivity contribution in [1.82, 2.24) is 9.55 Å². The smallest absolute Gasteiger partial charge is 0.257 e. The molecular formula is C21H22N2O4. The van der Waals surface area contributed by atoms with Gasteiger partial charge in [0.25, 0.3) is 5.56 Å². The molecule has 3 N–H and O–H groups in total. The summed E-state index contributed by atoms with van der Waals surface area (Å²) in [5.74, 6) is 0. The Bertz CT molecular complexity index is 1100. The molecule has 0 saturated carbocycles. The van der Waals surface area contributed by atoms with Gasteiger partial charge in [0, 0.05) is 16.5 Å². The molecule has 0 spiro atoms. The van der Waals surface area contributed by atoms with Crippen LogP contribution in [0.15, 0.2) is 41.2 Å². The van der Waals surface area contributed by atoms with E-state index in [1.807, 2.05) is 30.3 Å². The van der Waals surface area contributed by atoms with Crippen molar-refractivity contribution in [3.63, 3.8) is 0 Å². The summed E-state index contributed by atoms with van der Waals surface area (Å²) in [5.41, 5.74) is 1.44. The summed E-state index contributed by atoms with van der Waals surface area (Å²) in [6, 6.07) is 11.4. The second kappa shape index (κ2) is 6.27. The highest BCUT2D eigenvalue weighted by Crippen LogP contribution is 2.37. The first-order valence-electron chi connectivity index (χ1n) is 9.08. The minimum absolute atomic E-state index is 0.112. The number of pyridine rings is 2. The summed E-state index contributed by atoms with van der Waals surface area (Å²) in [4.78, 5) is 17.8. The number of para-hydroxylation sites is 1. The molecule has 1 aliphatic rings. The first-order chi connectivity index (χ1) is 12.9. The van der Waals surface area contributed by atoms with E-state index >= 15 is 0 Å². The lowest BCUT2D eigenvalue weighted by molar-refractivity contribution is -0.0753. The number of hydrogen-bond donors (Lipinski definition) is 3. The highest BCUT2D eigenvalue weighted by atomic mass is 16.3. The van der Waals surface area contributed by atoms with Crippen LogP contribution in [0.1, 0.15) is 37.0 Å². The van der Waals surface area contributed by atoms with Crippen LogP contribution in [0.3, 0.4) is 0 Å². The molecule has 0 saturated heterocycles. The molecule has 140 valence electrons. The number of fused-ring (bicyclic) bond motifs is 4. The number of hydrogen-bond acceptors (Lipinski definition) is 5. The average molecular weight is 366 g/mol. The molecule has 2 aromatic heterocycles. The lowest BCUT2D eigenvalue weighted by Gasteiger charge is -2.32. The highest BCUT2D eigenvalue weighted by molar-refractivity contribution is 5.84. The van der Waals surface area contributed by atoms with Gasteiger partial charge >= 0.3 is 0 Å². The lowest BCUT2D eigenvalue weighted by Crippen LogP contribution is -2.40. The first-order valence-corrected chi connectivity index (χ1v) is 9.08. The number of aliphatic hydroxyl groups excluding tert-OH is 2. The van der Waals surface area contributed by atoms with Crippen molar-refractivity contribution in [2.24, 2.45) is 0 Å². The van der Waals surface area contributed by atoms with Crippen LogP contribution in [-0.2, 0) is 18.8 Å². The summed E-state index contributed by atoms with van der Waals surface area (Å²) in [6.45, 7) is 3.08. The maximum absolute atomic E-state index is 13.0. The third-order valence-corrected chi connectivity index (χ3v) is 5.63. The van der Waals surface area contributed by atoms with E-state index in [9.17, 15) is 20.1 Å². The lowest BCUT2D eigenvalue weighted by atomic mass is 9.83. The van der Waals surface area contributed by atoms with Gasteiger partial charge in [-0.1, -0.05) is 25.1 Å². The quantitative estimate of drug-likeness (QED) is 0.513. The highest BCUT2D eigenvalue weighted by Gasteiger charge is 2.38. The number of aliphatic hydroxyl groups is 3. The Hall–Kier alpha value is -2.54. The van der Waals surface area contributed by atoms with Crippen LogP contribution in [0.25, 0.3) is 22.3 Å². The number of rotatable bonds is 4. The topological polar surface area (TPSA) is 95.6 Å². The van der Waals surface area contributed by atoms with Crippen molar-refractivity contribution in [3.8, 4) is 11.4 Å². The van der Waals surface area contributed by atoms with Gasteiger partial charge in [0.1, 0.15) is 5.60 Å². The largest absolute Gasteiger partial charge is 0.391 e. The number of nitrogens with zero attached hydrogens (tertiary/aromatic N) is 2. The van der Waals surface area contributed by atoms with Crippen LogP contribution >= 0.6 is 0 Å². The fourth-order valence-corrected chi connectivity index (χ4v) is 3.96. The van der Waals surface area contributed by atoms with Crippen molar-refractivity contribution >= 4 is 10.9 Å². The molecule has 3 heterocycles. The molecule has 0 fully saturated rings. The summed E-state index contributed by atoms with van der Waals surface area (Å²) >= 11 is 0. The van der Waals surface area contributed by atoms with E-state index in [0.29, 0.717) is 17.9 Å². The minimum Gasteiger partial charge on any atom is -0.391 e. The molecule has 1 aliphatic heterocycles. The standard InChI is InChI=1S/C21H22N2O4/c1-3-21(27,12(2)25)16-9-18-19-14(10-23(18)20(26)15(16)11-24)8-13-6-4-5-7-17(13)22-19/h4-9,12,24-25,27H,3,10-11H2,1-2H3. The van der Waals surface area contributed by atoms with E-state index in [0.717, 1.165) is 16.5 Å². The Labute approximate surface area is 156 Å². The monoisotopic (exact) mass is 366 g/mol. The van der Waals surface area contributed by atoms with Gasteiger partial charge in [-0.15, -0.1) is 0 Å². The Kier molecular flexibility index (Phi) is 4.14. The van der Waals surface area contributed by atoms with Gasteiger partial charge < -0.3 is 19.9 Å². The van der Waals surface area contributed by atoms with Crippen LogP contribution in [0, 0.1) is 0 Å². The SMILES string of the molecule is CCC(O)(c1cc2n(c(=O)c1CO)Cc1cc3ccccc3nc1-2)C(C)O. The fraction of sp³-hybridized carbons (Fsp3) is 0.333. The maximum Gasteiger partial charge on any atom is 0.257 e. The van der Waals surface area contributed by atoms with Crippen LogP contribution in [-0.4, -0.2) is 31.0 Å². The van der Waals surface area contributed by atoms with Crippen molar-refractivity contribution in [3.05, 3.63) is 63.4 Å². The van der Waals surface area contributed by atoms with Crippen LogP contribution in [0.2, 0.25) is 0 Å². The predicted molar refractivity (Wildman–Crippen MR) is 102 cm³/mol. The molecular weight excluding hydrogens is 344 g/mol. The molecule has 4 rings (SSSR count). The zero-order chi connectivity index (χ0) is 19.3. The molecule has 6 heteroatoms. The third kappa shape index (κ3) is 2.52. The molecule has 0 amide bonds. The van der Waals surface area contributed by atoms with Crippen molar-refractivity contribution in [2.45, 2.75) is 45.1 Å². The van der Waals surface area contributed by atoms with Gasteiger partial charge in [0.05, 0.1) is 36.2 Å². The fourth-order valence-electron chi connectivity index (χ4n) is 3.96. The van der Waals surface area contributed by atoms with Crippen molar-refractivity contribution < 1.29 is 15.3 Å². The molecule has 2 unspecified atom stereocenters. The molecule has 27 heavy (non-hydrogen) atoms. The van der Waals surface area contributed by atoms with E-state index in [2.05, 4.69) is 0 Å². The summed E-state index contributed by atoms with van der Waals surface area (Å²) in [6.07, 6.45) is -0.890. The van der Waals surface area contributed by atoms with Gasteiger partial charge in [-0.05, 0) is 37.1 Å². The predicted octanol–water partition coefficient (Wildman–Crippen LogP) is 1.90. The number of benzene rings is 1. The van der Waals surface area contributed by atoms with E-state index < -0.39 is 18.3 Å². The second-order valence-electron chi connectivity index (χ2n) is 7.11.